The first-order valence-corrected chi connectivity index (χ1v) is 12.1. The van der Waals surface area contributed by atoms with Crippen molar-refractivity contribution in [1.82, 2.24) is 14.9 Å². The van der Waals surface area contributed by atoms with Gasteiger partial charge in [0.1, 0.15) is 11.7 Å². The lowest BCUT2D eigenvalue weighted by Gasteiger charge is -2.26. The Morgan fingerprint density at radius 1 is 1.32 bits per heavy atom. The number of hydrogen-bond acceptors (Lipinski definition) is 7. The summed E-state index contributed by atoms with van der Waals surface area (Å²) in [6.07, 6.45) is 2.09. The smallest absolute Gasteiger partial charge is 0.449 e. The molecule has 2 unspecified atom stereocenters. The molecular weight excluding hydrogens is 481 g/mol. The van der Waals surface area contributed by atoms with Crippen molar-refractivity contribution in [3.05, 3.63) is 64.2 Å². The van der Waals surface area contributed by atoms with Gasteiger partial charge in [-0.25, -0.2) is 14.2 Å². The number of nitrogens with two attached hydrogens (primary N) is 1. The SMILES string of the molecule is CC1(CNC(=O)C(N)c2ccccc2)CCN(c2nc3c(cc2F)c(=O)c(OC(=O)O)cn3C2CC2)C1. The Bertz CT molecular complexity index is 1420. The first kappa shape index (κ1) is 24.7. The number of carboxylic acid groups (broad SMARTS) is 1. The van der Waals surface area contributed by atoms with E-state index in [0.29, 0.717) is 26.1 Å². The lowest BCUT2D eigenvalue weighted by molar-refractivity contribution is -0.122. The fourth-order valence-electron chi connectivity index (χ4n) is 4.80. The zero-order valence-corrected chi connectivity index (χ0v) is 20.3. The number of pyridine rings is 2. The molecule has 11 heteroatoms. The molecule has 1 aromatic carbocycles. The number of carbonyl (C=O) groups is 2. The molecule has 3 heterocycles. The van der Waals surface area contributed by atoms with Crippen LogP contribution >= 0.6 is 0 Å². The Balaban J connectivity index is 1.36. The van der Waals surface area contributed by atoms with E-state index in [1.807, 2.05) is 25.1 Å². The van der Waals surface area contributed by atoms with E-state index in [0.717, 1.165) is 24.5 Å². The summed E-state index contributed by atoms with van der Waals surface area (Å²) < 4.78 is 21.6. The highest BCUT2D eigenvalue weighted by atomic mass is 19.1. The molecule has 2 aromatic heterocycles. The summed E-state index contributed by atoms with van der Waals surface area (Å²) in [5, 5.41) is 11.9. The number of amides is 1. The van der Waals surface area contributed by atoms with Crippen molar-refractivity contribution in [3.8, 4) is 5.75 Å². The van der Waals surface area contributed by atoms with E-state index in [4.69, 9.17) is 10.8 Å². The highest BCUT2D eigenvalue weighted by Crippen LogP contribution is 2.39. The topological polar surface area (TPSA) is 140 Å². The summed E-state index contributed by atoms with van der Waals surface area (Å²) in [7, 11) is 0. The number of anilines is 1. The van der Waals surface area contributed by atoms with Gasteiger partial charge in [0.2, 0.25) is 11.3 Å². The lowest BCUT2D eigenvalue weighted by Crippen LogP contribution is -2.41. The number of nitrogens with one attached hydrogen (secondary N) is 1. The summed E-state index contributed by atoms with van der Waals surface area (Å²) in [5.74, 6) is -1.23. The molecular formula is C26H28FN5O5. The largest absolute Gasteiger partial charge is 0.511 e. The maximum atomic E-state index is 15.3. The van der Waals surface area contributed by atoms with Crippen LogP contribution in [0.15, 0.2) is 47.4 Å². The second-order valence-electron chi connectivity index (χ2n) is 10.1. The molecule has 1 amide bonds. The third-order valence-electron chi connectivity index (χ3n) is 7.03. The predicted octanol–water partition coefficient (Wildman–Crippen LogP) is 2.96. The van der Waals surface area contributed by atoms with Crippen molar-refractivity contribution in [1.29, 1.82) is 0 Å². The van der Waals surface area contributed by atoms with E-state index in [2.05, 4.69) is 15.0 Å². The van der Waals surface area contributed by atoms with E-state index < -0.39 is 23.4 Å². The van der Waals surface area contributed by atoms with E-state index in [9.17, 15) is 14.4 Å². The van der Waals surface area contributed by atoms with Crippen LogP contribution in [0.25, 0.3) is 11.0 Å². The van der Waals surface area contributed by atoms with Gasteiger partial charge in [-0.3, -0.25) is 9.59 Å². The molecule has 194 valence electrons. The number of hydrogen-bond donors (Lipinski definition) is 3. The average Bonchev–Trinajstić information content (AvgIpc) is 3.65. The molecule has 5 rings (SSSR count). The highest BCUT2D eigenvalue weighted by molar-refractivity contribution is 5.83. The minimum Gasteiger partial charge on any atom is -0.449 e. The van der Waals surface area contributed by atoms with Crippen LogP contribution in [-0.2, 0) is 4.79 Å². The van der Waals surface area contributed by atoms with Crippen LogP contribution < -0.4 is 26.1 Å². The summed E-state index contributed by atoms with van der Waals surface area (Å²) in [4.78, 5) is 42.8. The van der Waals surface area contributed by atoms with E-state index >= 15 is 4.39 Å². The van der Waals surface area contributed by atoms with Gasteiger partial charge < -0.3 is 30.4 Å². The van der Waals surface area contributed by atoms with Crippen LogP contribution in [0.5, 0.6) is 5.75 Å². The predicted molar refractivity (Wildman–Crippen MR) is 134 cm³/mol. The molecule has 10 nitrogen and oxygen atoms in total. The minimum atomic E-state index is -1.61. The van der Waals surface area contributed by atoms with Gasteiger partial charge in [-0.1, -0.05) is 37.3 Å². The molecule has 0 bridgehead atoms. The monoisotopic (exact) mass is 509 g/mol. The molecule has 2 fully saturated rings. The van der Waals surface area contributed by atoms with Gasteiger partial charge in [0.25, 0.3) is 0 Å². The van der Waals surface area contributed by atoms with Gasteiger partial charge in [-0.2, -0.15) is 0 Å². The van der Waals surface area contributed by atoms with Crippen LogP contribution in [0, 0.1) is 11.2 Å². The van der Waals surface area contributed by atoms with E-state index in [-0.39, 0.29) is 40.0 Å². The van der Waals surface area contributed by atoms with Crippen LogP contribution in [0.1, 0.15) is 43.8 Å². The molecule has 1 saturated heterocycles. The fourth-order valence-corrected chi connectivity index (χ4v) is 4.80. The van der Waals surface area contributed by atoms with Gasteiger partial charge in [0.05, 0.1) is 11.6 Å². The Hall–Kier alpha value is -3.99. The van der Waals surface area contributed by atoms with E-state index in [1.165, 1.54) is 6.20 Å². The Morgan fingerprint density at radius 3 is 2.73 bits per heavy atom. The third kappa shape index (κ3) is 4.99. The second-order valence-corrected chi connectivity index (χ2v) is 10.1. The Labute approximate surface area is 211 Å². The molecule has 1 saturated carbocycles. The summed E-state index contributed by atoms with van der Waals surface area (Å²) in [6, 6.07) is 9.47. The van der Waals surface area contributed by atoms with Crippen molar-refractivity contribution in [3.63, 3.8) is 0 Å². The number of fused-ring (bicyclic) bond motifs is 1. The normalized spacial score (nSPS) is 20.1. The molecule has 3 aromatic rings. The molecule has 37 heavy (non-hydrogen) atoms. The maximum absolute atomic E-state index is 15.3. The van der Waals surface area contributed by atoms with E-state index in [1.54, 1.807) is 21.6 Å². The average molecular weight is 510 g/mol. The standard InChI is InChI=1S/C26H28FN5O5/c1-26(13-29-24(34)20(28)15-5-3-2-4-6-15)9-10-31(14-26)23-18(27)11-17-21(33)19(37-25(35)36)12-32(16-7-8-16)22(17)30-23/h2-6,11-12,16,20H,7-10,13-14,28H2,1H3,(H,29,34)(H,35,36). The Kier molecular flexibility index (Phi) is 6.32. The summed E-state index contributed by atoms with van der Waals surface area (Å²) in [6.45, 7) is 3.33. The molecule has 0 radical (unpaired) electrons. The van der Waals surface area contributed by atoms with Crippen molar-refractivity contribution >= 4 is 28.9 Å². The first-order chi connectivity index (χ1) is 17.6. The zero-order chi connectivity index (χ0) is 26.3. The van der Waals surface area contributed by atoms with Crippen molar-refractivity contribution < 1.29 is 23.8 Å². The number of rotatable bonds is 7. The number of carbonyl (C=O) groups excluding carboxylic acids is 1. The zero-order valence-electron chi connectivity index (χ0n) is 20.3. The number of benzene rings is 1. The molecule has 2 aliphatic rings. The Morgan fingerprint density at radius 2 is 2.05 bits per heavy atom. The number of ether oxygens (including phenoxy) is 1. The van der Waals surface area contributed by atoms with Gasteiger partial charge in [0, 0.05) is 31.1 Å². The van der Waals surface area contributed by atoms with Crippen molar-refractivity contribution in [2.75, 3.05) is 24.5 Å². The summed E-state index contributed by atoms with van der Waals surface area (Å²) >= 11 is 0. The lowest BCUT2D eigenvalue weighted by atomic mass is 9.89. The molecule has 0 spiro atoms. The third-order valence-corrected chi connectivity index (χ3v) is 7.03. The number of nitrogens with zero attached hydrogens (tertiary/aromatic N) is 3. The molecule has 4 N–H and O–H groups in total. The van der Waals surface area contributed by atoms with Gasteiger partial charge >= 0.3 is 6.16 Å². The van der Waals surface area contributed by atoms with Crippen molar-refractivity contribution in [2.45, 2.75) is 38.3 Å². The van der Waals surface area contributed by atoms with Crippen molar-refractivity contribution in [2.24, 2.45) is 11.1 Å². The molecule has 1 aliphatic heterocycles. The molecule has 2 atom stereocenters. The van der Waals surface area contributed by atoms with Gasteiger partial charge in [0.15, 0.2) is 17.4 Å². The van der Waals surface area contributed by atoms with Crippen LogP contribution in [0.2, 0.25) is 0 Å². The van der Waals surface area contributed by atoms with Crippen LogP contribution in [-0.4, -0.2) is 46.4 Å². The summed E-state index contributed by atoms with van der Waals surface area (Å²) in [5.41, 5.74) is 6.04. The van der Waals surface area contributed by atoms with Crippen LogP contribution in [0.3, 0.4) is 0 Å². The molecule has 1 aliphatic carbocycles. The number of aromatic nitrogens is 2. The number of halogens is 1. The van der Waals surface area contributed by atoms with Gasteiger partial charge in [-0.05, 0) is 30.9 Å². The first-order valence-electron chi connectivity index (χ1n) is 12.1. The quantitative estimate of drug-likeness (QED) is 0.413. The van der Waals surface area contributed by atoms with Gasteiger partial charge in [-0.15, -0.1) is 0 Å². The highest BCUT2D eigenvalue weighted by Gasteiger charge is 2.37. The minimum absolute atomic E-state index is 0.0315. The second kappa shape index (κ2) is 9.47. The fraction of sp³-hybridized carbons (Fsp3) is 0.385. The maximum Gasteiger partial charge on any atom is 0.511 e. The van der Waals surface area contributed by atoms with Crippen LogP contribution in [0.4, 0.5) is 15.0 Å².